The molecular weight excluding hydrogens is 344 g/mol. The van der Waals surface area contributed by atoms with Crippen LogP contribution in [0.3, 0.4) is 0 Å². The number of unbranched alkanes of at least 4 members (excludes halogenated alkanes) is 1. The van der Waals surface area contributed by atoms with Gasteiger partial charge in [-0.1, -0.05) is 17.7 Å². The highest BCUT2D eigenvalue weighted by atomic mass is 79.9. The number of amides is 1. The van der Waals surface area contributed by atoms with Gasteiger partial charge < -0.3 is 10.1 Å². The van der Waals surface area contributed by atoms with Crippen LogP contribution in [0.2, 0.25) is 0 Å². The van der Waals surface area contributed by atoms with E-state index in [9.17, 15) is 4.79 Å². The lowest BCUT2D eigenvalue weighted by Gasteiger charge is -2.07. The fraction of sp³-hybridized carbons (Fsp3) is 0.294. The smallest absolute Gasteiger partial charge is 0.252 e. The van der Waals surface area contributed by atoms with Crippen molar-refractivity contribution >= 4 is 21.8 Å². The molecule has 0 radical (unpaired) electrons. The largest absolute Gasteiger partial charge is 0.494 e. The molecule has 0 unspecified atom stereocenters. The van der Waals surface area contributed by atoms with Gasteiger partial charge in [-0.15, -0.1) is 0 Å². The molecule has 1 aromatic carbocycles. The molecule has 1 N–H and O–H groups in total. The minimum Gasteiger partial charge on any atom is -0.494 e. The molecule has 4 nitrogen and oxygen atoms in total. The third kappa shape index (κ3) is 5.48. The van der Waals surface area contributed by atoms with Crippen LogP contribution in [0.1, 0.15) is 28.8 Å². The number of carbonyl (C=O) groups excluding carboxylic acids is 1. The number of aryl methyl sites for hydroxylation is 1. The van der Waals surface area contributed by atoms with Gasteiger partial charge in [0, 0.05) is 23.4 Å². The molecule has 116 valence electrons. The molecule has 2 aromatic rings. The molecule has 0 saturated carbocycles. The zero-order valence-corrected chi connectivity index (χ0v) is 14.1. The van der Waals surface area contributed by atoms with E-state index in [1.807, 2.05) is 31.2 Å². The van der Waals surface area contributed by atoms with Crippen molar-refractivity contribution in [2.75, 3.05) is 13.2 Å². The number of pyridine rings is 1. The Morgan fingerprint density at radius 3 is 2.73 bits per heavy atom. The number of hydrogen-bond donors (Lipinski definition) is 1. The number of carbonyl (C=O) groups is 1. The summed E-state index contributed by atoms with van der Waals surface area (Å²) in [4.78, 5) is 15.9. The summed E-state index contributed by atoms with van der Waals surface area (Å²) in [6, 6.07) is 9.75. The van der Waals surface area contributed by atoms with E-state index in [1.165, 1.54) is 5.56 Å². The summed E-state index contributed by atoms with van der Waals surface area (Å²) in [7, 11) is 0. The summed E-state index contributed by atoms with van der Waals surface area (Å²) in [6.45, 7) is 3.33. The first-order chi connectivity index (χ1) is 10.6. The fourth-order valence-electron chi connectivity index (χ4n) is 1.89. The maximum absolute atomic E-state index is 11.9. The molecule has 22 heavy (non-hydrogen) atoms. The molecule has 0 atom stereocenters. The molecule has 0 spiro atoms. The Morgan fingerprint density at radius 2 is 2.00 bits per heavy atom. The zero-order chi connectivity index (χ0) is 15.8. The molecule has 0 bridgehead atoms. The van der Waals surface area contributed by atoms with E-state index in [0.29, 0.717) is 18.7 Å². The van der Waals surface area contributed by atoms with Crippen LogP contribution < -0.4 is 10.1 Å². The number of nitrogens with one attached hydrogen (secondary N) is 1. The highest BCUT2D eigenvalue weighted by Gasteiger charge is 2.05. The Balaban J connectivity index is 1.61. The monoisotopic (exact) mass is 362 g/mol. The summed E-state index contributed by atoms with van der Waals surface area (Å²) in [5.41, 5.74) is 1.78. The highest BCUT2D eigenvalue weighted by molar-refractivity contribution is 9.10. The Kier molecular flexibility index (Phi) is 6.40. The number of nitrogens with zero attached hydrogens (tertiary/aromatic N) is 1. The van der Waals surface area contributed by atoms with Crippen molar-refractivity contribution in [1.82, 2.24) is 10.3 Å². The molecule has 0 aliphatic heterocycles. The summed E-state index contributed by atoms with van der Waals surface area (Å²) < 4.78 is 6.44. The summed E-state index contributed by atoms with van der Waals surface area (Å²) in [5, 5.41) is 2.88. The number of aromatic nitrogens is 1. The molecule has 0 fully saturated rings. The molecule has 5 heteroatoms. The Labute approximate surface area is 139 Å². The summed E-state index contributed by atoms with van der Waals surface area (Å²) in [5.74, 6) is 0.781. The Morgan fingerprint density at radius 1 is 1.23 bits per heavy atom. The topological polar surface area (TPSA) is 51.2 Å². The molecule has 0 saturated heterocycles. The van der Waals surface area contributed by atoms with Crippen molar-refractivity contribution in [3.8, 4) is 5.75 Å². The van der Waals surface area contributed by atoms with Gasteiger partial charge in [-0.25, -0.2) is 0 Å². The van der Waals surface area contributed by atoms with Gasteiger partial charge in [-0.05, 0) is 53.9 Å². The van der Waals surface area contributed by atoms with Gasteiger partial charge in [-0.2, -0.15) is 0 Å². The minimum atomic E-state index is -0.103. The van der Waals surface area contributed by atoms with Crippen LogP contribution in [-0.2, 0) is 0 Å². The van der Waals surface area contributed by atoms with Gasteiger partial charge in [0.1, 0.15) is 5.75 Å². The number of hydrogen-bond acceptors (Lipinski definition) is 3. The van der Waals surface area contributed by atoms with E-state index in [-0.39, 0.29) is 5.91 Å². The van der Waals surface area contributed by atoms with Crippen LogP contribution in [0.4, 0.5) is 0 Å². The second kappa shape index (κ2) is 8.54. The predicted molar refractivity (Wildman–Crippen MR) is 90.2 cm³/mol. The van der Waals surface area contributed by atoms with Crippen molar-refractivity contribution < 1.29 is 9.53 Å². The first-order valence-electron chi connectivity index (χ1n) is 7.23. The highest BCUT2D eigenvalue weighted by Crippen LogP contribution is 2.12. The summed E-state index contributed by atoms with van der Waals surface area (Å²) in [6.07, 6.45) is 4.98. The second-order valence-electron chi connectivity index (χ2n) is 5.02. The van der Waals surface area contributed by atoms with Crippen LogP contribution in [0, 0.1) is 6.92 Å². The van der Waals surface area contributed by atoms with Crippen molar-refractivity contribution in [3.05, 3.63) is 58.3 Å². The number of halogens is 1. The van der Waals surface area contributed by atoms with E-state index in [1.54, 1.807) is 18.5 Å². The van der Waals surface area contributed by atoms with Gasteiger partial charge in [0.25, 0.3) is 5.91 Å². The Hall–Kier alpha value is -1.88. The maximum atomic E-state index is 11.9. The lowest BCUT2D eigenvalue weighted by molar-refractivity contribution is 0.0952. The van der Waals surface area contributed by atoms with Gasteiger partial charge in [0.2, 0.25) is 0 Å². The predicted octanol–water partition coefficient (Wildman–Crippen LogP) is 3.74. The first-order valence-corrected chi connectivity index (χ1v) is 8.02. The molecule has 1 heterocycles. The number of rotatable bonds is 7. The number of ether oxygens (including phenoxy) is 1. The molecule has 1 aromatic heterocycles. The van der Waals surface area contributed by atoms with Gasteiger partial charge in [0.15, 0.2) is 0 Å². The van der Waals surface area contributed by atoms with Crippen LogP contribution >= 0.6 is 15.9 Å². The average Bonchev–Trinajstić information content (AvgIpc) is 2.52. The lowest BCUT2D eigenvalue weighted by atomic mass is 10.2. The SMILES string of the molecule is Cc1ccc(OCCCCNC(=O)c2cncc(Br)c2)cc1. The maximum Gasteiger partial charge on any atom is 0.252 e. The van der Waals surface area contributed by atoms with E-state index >= 15 is 0 Å². The first kappa shape index (κ1) is 16.5. The van der Waals surface area contributed by atoms with Crippen molar-refractivity contribution in [2.45, 2.75) is 19.8 Å². The number of benzene rings is 1. The van der Waals surface area contributed by atoms with Crippen molar-refractivity contribution in [2.24, 2.45) is 0 Å². The standard InChI is InChI=1S/C17H19BrN2O2/c1-13-4-6-16(7-5-13)22-9-3-2-8-20-17(21)14-10-15(18)12-19-11-14/h4-7,10-12H,2-3,8-9H2,1H3,(H,20,21). The van der Waals surface area contributed by atoms with Gasteiger partial charge in [-0.3, -0.25) is 9.78 Å². The normalized spacial score (nSPS) is 10.3. The lowest BCUT2D eigenvalue weighted by Crippen LogP contribution is -2.24. The van der Waals surface area contributed by atoms with E-state index in [4.69, 9.17) is 4.74 Å². The van der Waals surface area contributed by atoms with Crippen LogP contribution in [0.5, 0.6) is 5.75 Å². The van der Waals surface area contributed by atoms with E-state index in [0.717, 1.165) is 23.1 Å². The van der Waals surface area contributed by atoms with E-state index in [2.05, 4.69) is 26.2 Å². The quantitative estimate of drug-likeness (QED) is 0.763. The molecule has 0 aliphatic carbocycles. The van der Waals surface area contributed by atoms with Crippen LogP contribution in [0.15, 0.2) is 47.2 Å². The van der Waals surface area contributed by atoms with E-state index < -0.39 is 0 Å². The third-order valence-corrected chi connectivity index (χ3v) is 3.55. The minimum absolute atomic E-state index is 0.103. The van der Waals surface area contributed by atoms with Crippen molar-refractivity contribution in [3.63, 3.8) is 0 Å². The fourth-order valence-corrected chi connectivity index (χ4v) is 2.26. The van der Waals surface area contributed by atoms with Gasteiger partial charge in [0.05, 0.1) is 12.2 Å². The van der Waals surface area contributed by atoms with Gasteiger partial charge >= 0.3 is 0 Å². The van der Waals surface area contributed by atoms with Crippen LogP contribution in [0.25, 0.3) is 0 Å². The molecule has 0 aliphatic rings. The zero-order valence-electron chi connectivity index (χ0n) is 12.5. The average molecular weight is 363 g/mol. The Bertz CT molecular complexity index is 614. The molecular formula is C17H19BrN2O2. The molecule has 1 amide bonds. The molecule has 2 rings (SSSR count). The van der Waals surface area contributed by atoms with Crippen LogP contribution in [-0.4, -0.2) is 24.0 Å². The van der Waals surface area contributed by atoms with Crippen molar-refractivity contribution in [1.29, 1.82) is 0 Å². The summed E-state index contributed by atoms with van der Waals surface area (Å²) >= 11 is 3.30. The second-order valence-corrected chi connectivity index (χ2v) is 5.93. The third-order valence-electron chi connectivity index (χ3n) is 3.11.